The topological polar surface area (TPSA) is 91.2 Å². The van der Waals surface area contributed by atoms with Crippen molar-refractivity contribution in [3.05, 3.63) is 41.1 Å². The van der Waals surface area contributed by atoms with E-state index in [9.17, 15) is 4.79 Å². The molecule has 0 spiro atoms. The molecule has 0 amide bonds. The molecule has 1 N–H and O–H groups in total. The third kappa shape index (κ3) is 3.33. The molecule has 0 aliphatic carbocycles. The molecule has 0 radical (unpaired) electrons. The van der Waals surface area contributed by atoms with Crippen molar-refractivity contribution in [2.75, 3.05) is 12.4 Å². The van der Waals surface area contributed by atoms with E-state index in [2.05, 4.69) is 20.8 Å². The number of methoxy groups -OCH3 is 1. The average molecular weight is 343 g/mol. The number of carbonyl (C=O) groups excluding carboxylic acids is 1. The van der Waals surface area contributed by atoms with Gasteiger partial charge in [0.05, 0.1) is 12.7 Å². The smallest absolute Gasteiger partial charge is 0.338 e. The standard InChI is InChI=1S/C17H21N5O3/c1-10-13(15(23)25-17(2,3)4)14(22-16(18-10)19-20-21-22)11-6-8-12(24-5)9-7-11/h6-9,14H,1-5H3,(H,18,19,21). The number of rotatable bonds is 3. The maximum absolute atomic E-state index is 12.8. The molecule has 1 aromatic carbocycles. The molecule has 3 rings (SSSR count). The summed E-state index contributed by atoms with van der Waals surface area (Å²) in [6, 6.07) is 6.97. The Morgan fingerprint density at radius 1 is 1.24 bits per heavy atom. The van der Waals surface area contributed by atoms with Gasteiger partial charge in [-0.15, -0.1) is 0 Å². The number of nitrogens with zero attached hydrogens (tertiary/aromatic N) is 4. The van der Waals surface area contributed by atoms with Crippen LogP contribution in [0.15, 0.2) is 35.5 Å². The van der Waals surface area contributed by atoms with Crippen LogP contribution in [0.25, 0.3) is 0 Å². The lowest BCUT2D eigenvalue weighted by molar-refractivity contribution is -0.150. The number of tetrazole rings is 1. The Morgan fingerprint density at radius 2 is 1.92 bits per heavy atom. The second kappa shape index (κ2) is 6.19. The van der Waals surface area contributed by atoms with Crippen LogP contribution in [0.2, 0.25) is 0 Å². The summed E-state index contributed by atoms with van der Waals surface area (Å²) in [4.78, 5) is 12.8. The van der Waals surface area contributed by atoms with Gasteiger partial charge in [-0.1, -0.05) is 17.2 Å². The Kier molecular flexibility index (Phi) is 4.20. The predicted molar refractivity (Wildman–Crippen MR) is 91.1 cm³/mol. The summed E-state index contributed by atoms with van der Waals surface area (Å²) >= 11 is 0. The van der Waals surface area contributed by atoms with Gasteiger partial charge in [-0.2, -0.15) is 4.68 Å². The van der Waals surface area contributed by atoms with E-state index in [1.807, 2.05) is 52.0 Å². The van der Waals surface area contributed by atoms with Crippen LogP contribution < -0.4 is 10.1 Å². The first-order chi connectivity index (χ1) is 11.8. The molecule has 1 unspecified atom stereocenters. The molecule has 8 heteroatoms. The molecule has 0 bridgehead atoms. The first kappa shape index (κ1) is 16.9. The van der Waals surface area contributed by atoms with Crippen LogP contribution in [0.5, 0.6) is 5.75 Å². The third-order valence-electron chi connectivity index (χ3n) is 3.76. The van der Waals surface area contributed by atoms with Gasteiger partial charge in [-0.3, -0.25) is 0 Å². The van der Waals surface area contributed by atoms with Crippen molar-refractivity contribution in [2.24, 2.45) is 0 Å². The summed E-state index contributed by atoms with van der Waals surface area (Å²) in [7, 11) is 1.61. The number of hydrogen-bond acceptors (Lipinski definition) is 7. The molecule has 1 aliphatic heterocycles. The predicted octanol–water partition coefficient (Wildman–Crippen LogP) is 2.31. The molecular formula is C17H21N5O3. The Hall–Kier alpha value is -2.90. The van der Waals surface area contributed by atoms with E-state index in [0.717, 1.165) is 11.3 Å². The van der Waals surface area contributed by atoms with Gasteiger partial charge in [0.15, 0.2) is 0 Å². The number of hydrogen-bond donors (Lipinski definition) is 1. The first-order valence-electron chi connectivity index (χ1n) is 7.93. The van der Waals surface area contributed by atoms with Crippen molar-refractivity contribution in [1.82, 2.24) is 20.2 Å². The number of esters is 1. The Morgan fingerprint density at radius 3 is 2.52 bits per heavy atom. The van der Waals surface area contributed by atoms with Crippen LogP contribution in [0.1, 0.15) is 39.3 Å². The van der Waals surface area contributed by atoms with Crippen molar-refractivity contribution in [3.8, 4) is 5.75 Å². The minimum Gasteiger partial charge on any atom is -0.497 e. The zero-order chi connectivity index (χ0) is 18.2. The fraction of sp³-hybridized carbons (Fsp3) is 0.412. The van der Waals surface area contributed by atoms with Gasteiger partial charge in [-0.25, -0.2) is 4.79 Å². The average Bonchev–Trinajstić information content (AvgIpc) is 2.99. The second-order valence-electron chi connectivity index (χ2n) is 6.79. The number of benzene rings is 1. The van der Waals surface area contributed by atoms with Crippen LogP contribution in [0, 0.1) is 0 Å². The molecule has 1 aromatic heterocycles. The molecule has 132 valence electrons. The van der Waals surface area contributed by atoms with Gasteiger partial charge in [-0.05, 0) is 55.8 Å². The van der Waals surface area contributed by atoms with E-state index >= 15 is 0 Å². The van der Waals surface area contributed by atoms with Crippen LogP contribution in [0.3, 0.4) is 0 Å². The molecule has 0 fully saturated rings. The van der Waals surface area contributed by atoms with E-state index in [4.69, 9.17) is 9.47 Å². The van der Waals surface area contributed by atoms with Gasteiger partial charge in [0.25, 0.3) is 0 Å². The molecule has 0 saturated carbocycles. The Balaban J connectivity index is 2.08. The molecule has 8 nitrogen and oxygen atoms in total. The molecule has 2 aromatic rings. The highest BCUT2D eigenvalue weighted by atomic mass is 16.6. The monoisotopic (exact) mass is 343 g/mol. The summed E-state index contributed by atoms with van der Waals surface area (Å²) in [5, 5.41) is 14.8. The van der Waals surface area contributed by atoms with E-state index in [0.29, 0.717) is 17.2 Å². The first-order valence-corrected chi connectivity index (χ1v) is 7.93. The summed E-state index contributed by atoms with van der Waals surface area (Å²) in [6.07, 6.45) is 0. The molecule has 0 saturated heterocycles. The van der Waals surface area contributed by atoms with Crippen molar-refractivity contribution in [3.63, 3.8) is 0 Å². The van der Waals surface area contributed by atoms with Crippen molar-refractivity contribution < 1.29 is 14.3 Å². The quantitative estimate of drug-likeness (QED) is 0.855. The van der Waals surface area contributed by atoms with E-state index in [1.54, 1.807) is 11.8 Å². The molecule has 25 heavy (non-hydrogen) atoms. The van der Waals surface area contributed by atoms with Gasteiger partial charge in [0, 0.05) is 5.70 Å². The number of allylic oxidation sites excluding steroid dienone is 1. The maximum atomic E-state index is 12.8. The minimum atomic E-state index is -0.601. The molecule has 1 aliphatic rings. The zero-order valence-electron chi connectivity index (χ0n) is 14.9. The SMILES string of the molecule is COc1ccc(C2C(C(=O)OC(C)(C)C)=C(C)Nc3nnnn32)cc1. The zero-order valence-corrected chi connectivity index (χ0v) is 14.9. The number of ether oxygens (including phenoxy) is 2. The summed E-state index contributed by atoms with van der Waals surface area (Å²) in [6.45, 7) is 7.32. The molecular weight excluding hydrogens is 322 g/mol. The van der Waals surface area contributed by atoms with Crippen molar-refractivity contribution >= 4 is 11.9 Å². The van der Waals surface area contributed by atoms with E-state index < -0.39 is 17.6 Å². The van der Waals surface area contributed by atoms with Crippen LogP contribution in [-0.4, -0.2) is 38.9 Å². The number of aromatic nitrogens is 4. The lowest BCUT2D eigenvalue weighted by atomic mass is 9.95. The largest absolute Gasteiger partial charge is 0.497 e. The fourth-order valence-corrected chi connectivity index (χ4v) is 2.70. The highest BCUT2D eigenvalue weighted by Crippen LogP contribution is 2.36. The normalized spacial score (nSPS) is 16.9. The highest BCUT2D eigenvalue weighted by molar-refractivity contribution is 5.92. The second-order valence-corrected chi connectivity index (χ2v) is 6.79. The molecule has 2 heterocycles. The van der Waals surface area contributed by atoms with E-state index in [-0.39, 0.29) is 0 Å². The van der Waals surface area contributed by atoms with Crippen LogP contribution >= 0.6 is 0 Å². The lowest BCUT2D eigenvalue weighted by Crippen LogP contribution is -2.33. The maximum Gasteiger partial charge on any atom is 0.338 e. The van der Waals surface area contributed by atoms with Crippen LogP contribution in [-0.2, 0) is 9.53 Å². The van der Waals surface area contributed by atoms with Crippen molar-refractivity contribution in [2.45, 2.75) is 39.3 Å². The van der Waals surface area contributed by atoms with E-state index in [1.165, 1.54) is 0 Å². The minimum absolute atomic E-state index is 0.403. The summed E-state index contributed by atoms with van der Waals surface area (Å²) in [5.41, 5.74) is 1.39. The Labute approximate surface area is 145 Å². The van der Waals surface area contributed by atoms with Gasteiger partial charge < -0.3 is 14.8 Å². The van der Waals surface area contributed by atoms with Gasteiger partial charge in [0.1, 0.15) is 17.4 Å². The van der Waals surface area contributed by atoms with Crippen molar-refractivity contribution in [1.29, 1.82) is 0 Å². The van der Waals surface area contributed by atoms with Crippen LogP contribution in [0.4, 0.5) is 5.95 Å². The fourth-order valence-electron chi connectivity index (χ4n) is 2.70. The van der Waals surface area contributed by atoms with Gasteiger partial charge in [0.2, 0.25) is 5.95 Å². The summed E-state index contributed by atoms with van der Waals surface area (Å²) in [5.74, 6) is 0.805. The number of fused-ring (bicyclic) bond motifs is 1. The third-order valence-corrected chi connectivity index (χ3v) is 3.76. The van der Waals surface area contributed by atoms with Gasteiger partial charge >= 0.3 is 5.97 Å². The summed E-state index contributed by atoms with van der Waals surface area (Å²) < 4.78 is 12.4. The highest BCUT2D eigenvalue weighted by Gasteiger charge is 2.36. The number of nitrogens with one attached hydrogen (secondary N) is 1. The Bertz CT molecular complexity index is 818. The number of anilines is 1. The molecule has 1 atom stereocenters. The number of carbonyl (C=O) groups is 1. The lowest BCUT2D eigenvalue weighted by Gasteiger charge is -2.29.